The van der Waals surface area contributed by atoms with Gasteiger partial charge in [0.15, 0.2) is 0 Å². The smallest absolute Gasteiger partial charge is 0.230 e. The van der Waals surface area contributed by atoms with E-state index >= 15 is 0 Å². The van der Waals surface area contributed by atoms with Crippen LogP contribution in [0.1, 0.15) is 18.7 Å². The number of aryl methyl sites for hydroxylation is 1. The largest absolute Gasteiger partial charge is 0.368 e. The average molecular weight is 228 g/mol. The van der Waals surface area contributed by atoms with Crippen molar-refractivity contribution in [1.29, 1.82) is 0 Å². The lowest BCUT2D eigenvalue weighted by molar-refractivity contribution is 0.841. The van der Waals surface area contributed by atoms with Gasteiger partial charge in [-0.25, -0.2) is 0 Å². The first-order valence-corrected chi connectivity index (χ1v) is 5.64. The number of nitrogen functional groups attached to an aromatic ring is 1. The Balaban J connectivity index is 2.22. The molecule has 6 heteroatoms. The average Bonchev–Trinajstić information content (AvgIpc) is 2.70. The summed E-state index contributed by atoms with van der Waals surface area (Å²) >= 11 is 5.65. The molecule has 0 saturated carbocycles. The summed E-state index contributed by atoms with van der Waals surface area (Å²) in [7, 11) is 0. The summed E-state index contributed by atoms with van der Waals surface area (Å²) in [5.41, 5.74) is 5.63. The normalized spacial score (nSPS) is 15.9. The van der Waals surface area contributed by atoms with Crippen LogP contribution in [0.4, 0.5) is 11.9 Å². The molecule has 0 spiro atoms. The van der Waals surface area contributed by atoms with Crippen LogP contribution in [0, 0.1) is 0 Å². The van der Waals surface area contributed by atoms with Gasteiger partial charge in [0.2, 0.25) is 11.9 Å². The van der Waals surface area contributed by atoms with Gasteiger partial charge in [-0.2, -0.15) is 15.0 Å². The number of rotatable bonds is 3. The Labute approximate surface area is 93.7 Å². The van der Waals surface area contributed by atoms with Crippen molar-refractivity contribution in [2.75, 3.05) is 29.6 Å². The lowest BCUT2D eigenvalue weighted by atomic mass is 10.4. The van der Waals surface area contributed by atoms with Crippen LogP contribution in [-0.2, 0) is 6.42 Å². The molecule has 0 unspecified atom stereocenters. The van der Waals surface area contributed by atoms with E-state index in [1.54, 1.807) is 0 Å². The van der Waals surface area contributed by atoms with Crippen molar-refractivity contribution >= 4 is 23.5 Å². The second-order valence-electron chi connectivity index (χ2n) is 3.54. The van der Waals surface area contributed by atoms with Crippen LogP contribution in [0.25, 0.3) is 0 Å². The second kappa shape index (κ2) is 4.61. The number of alkyl halides is 1. The van der Waals surface area contributed by atoms with E-state index in [2.05, 4.69) is 19.9 Å². The number of aromatic nitrogens is 3. The zero-order chi connectivity index (χ0) is 10.7. The van der Waals surface area contributed by atoms with Gasteiger partial charge in [0.1, 0.15) is 5.82 Å². The van der Waals surface area contributed by atoms with Gasteiger partial charge >= 0.3 is 0 Å². The van der Waals surface area contributed by atoms with Crippen molar-refractivity contribution < 1.29 is 0 Å². The van der Waals surface area contributed by atoms with Gasteiger partial charge in [-0.15, -0.1) is 11.6 Å². The molecular formula is C9H14ClN5. The van der Waals surface area contributed by atoms with Crippen molar-refractivity contribution in [3.05, 3.63) is 5.82 Å². The molecule has 1 aliphatic heterocycles. The Bertz CT molecular complexity index is 337. The number of nitrogens with two attached hydrogens (primary N) is 1. The fourth-order valence-corrected chi connectivity index (χ4v) is 1.85. The zero-order valence-electron chi connectivity index (χ0n) is 8.49. The number of hydrogen-bond acceptors (Lipinski definition) is 5. The molecule has 1 aromatic rings. The SMILES string of the molecule is Nc1nc(CCCl)nc(N2CCCC2)n1. The molecule has 82 valence electrons. The number of halogens is 1. The third-order valence-corrected chi connectivity index (χ3v) is 2.58. The minimum absolute atomic E-state index is 0.284. The summed E-state index contributed by atoms with van der Waals surface area (Å²) in [4.78, 5) is 14.7. The maximum atomic E-state index is 5.65. The topological polar surface area (TPSA) is 67.9 Å². The minimum Gasteiger partial charge on any atom is -0.368 e. The summed E-state index contributed by atoms with van der Waals surface area (Å²) in [5.74, 6) is 2.16. The van der Waals surface area contributed by atoms with Crippen LogP contribution in [0.2, 0.25) is 0 Å². The van der Waals surface area contributed by atoms with Crippen molar-refractivity contribution in [3.63, 3.8) is 0 Å². The summed E-state index contributed by atoms with van der Waals surface area (Å²) in [5, 5.41) is 0. The van der Waals surface area contributed by atoms with Crippen molar-refractivity contribution in [2.24, 2.45) is 0 Å². The van der Waals surface area contributed by atoms with E-state index in [1.165, 1.54) is 12.8 Å². The fourth-order valence-electron chi connectivity index (χ4n) is 1.68. The predicted molar refractivity (Wildman–Crippen MR) is 60.1 cm³/mol. The Morgan fingerprint density at radius 2 is 1.93 bits per heavy atom. The zero-order valence-corrected chi connectivity index (χ0v) is 9.24. The van der Waals surface area contributed by atoms with Crippen LogP contribution in [0.15, 0.2) is 0 Å². The van der Waals surface area contributed by atoms with Crippen LogP contribution < -0.4 is 10.6 Å². The molecule has 1 aliphatic rings. The molecule has 0 aliphatic carbocycles. The first-order valence-electron chi connectivity index (χ1n) is 5.11. The number of anilines is 2. The minimum atomic E-state index is 0.284. The quantitative estimate of drug-likeness (QED) is 0.775. The van der Waals surface area contributed by atoms with E-state index in [0.29, 0.717) is 24.1 Å². The van der Waals surface area contributed by atoms with Crippen LogP contribution in [0.3, 0.4) is 0 Å². The van der Waals surface area contributed by atoms with Crippen LogP contribution in [0.5, 0.6) is 0 Å². The van der Waals surface area contributed by atoms with Crippen molar-refractivity contribution in [2.45, 2.75) is 19.3 Å². The van der Waals surface area contributed by atoms with Gasteiger partial charge in [-0.05, 0) is 12.8 Å². The molecule has 2 N–H and O–H groups in total. The van der Waals surface area contributed by atoms with Gasteiger partial charge in [-0.1, -0.05) is 0 Å². The maximum Gasteiger partial charge on any atom is 0.230 e. The van der Waals surface area contributed by atoms with Crippen LogP contribution in [-0.4, -0.2) is 33.9 Å². The molecule has 0 aromatic carbocycles. The van der Waals surface area contributed by atoms with Gasteiger partial charge in [-0.3, -0.25) is 0 Å². The maximum absolute atomic E-state index is 5.65. The third-order valence-electron chi connectivity index (χ3n) is 2.39. The third kappa shape index (κ3) is 2.47. The lowest BCUT2D eigenvalue weighted by Gasteiger charge is -2.15. The summed E-state index contributed by atoms with van der Waals surface area (Å²) in [6, 6.07) is 0. The first-order chi connectivity index (χ1) is 7.29. The summed E-state index contributed by atoms with van der Waals surface area (Å²) in [6.45, 7) is 2.01. The van der Waals surface area contributed by atoms with E-state index in [0.717, 1.165) is 13.1 Å². The Morgan fingerprint density at radius 3 is 2.60 bits per heavy atom. The molecular weight excluding hydrogens is 214 g/mol. The Hall–Kier alpha value is -1.10. The van der Waals surface area contributed by atoms with Gasteiger partial charge in [0.05, 0.1) is 0 Å². The van der Waals surface area contributed by atoms with Gasteiger partial charge in [0, 0.05) is 25.4 Å². The van der Waals surface area contributed by atoms with Crippen molar-refractivity contribution in [1.82, 2.24) is 15.0 Å². The van der Waals surface area contributed by atoms with E-state index in [4.69, 9.17) is 17.3 Å². The van der Waals surface area contributed by atoms with E-state index < -0.39 is 0 Å². The molecule has 5 nitrogen and oxygen atoms in total. The molecule has 1 fully saturated rings. The molecule has 2 heterocycles. The molecule has 1 saturated heterocycles. The number of hydrogen-bond donors (Lipinski definition) is 1. The van der Waals surface area contributed by atoms with Gasteiger partial charge in [0.25, 0.3) is 0 Å². The first kappa shape index (κ1) is 10.4. The van der Waals surface area contributed by atoms with Gasteiger partial charge < -0.3 is 10.6 Å². The number of nitrogens with zero attached hydrogens (tertiary/aromatic N) is 4. The van der Waals surface area contributed by atoms with Crippen molar-refractivity contribution in [3.8, 4) is 0 Å². The highest BCUT2D eigenvalue weighted by Crippen LogP contribution is 2.16. The monoisotopic (exact) mass is 227 g/mol. The highest BCUT2D eigenvalue weighted by Gasteiger charge is 2.16. The lowest BCUT2D eigenvalue weighted by Crippen LogP contribution is -2.22. The molecule has 0 atom stereocenters. The summed E-state index contributed by atoms with van der Waals surface area (Å²) < 4.78 is 0. The molecule has 0 amide bonds. The molecule has 2 rings (SSSR count). The highest BCUT2D eigenvalue weighted by molar-refractivity contribution is 6.17. The second-order valence-corrected chi connectivity index (χ2v) is 3.92. The Morgan fingerprint density at radius 1 is 1.20 bits per heavy atom. The molecule has 0 radical (unpaired) electrons. The van der Waals surface area contributed by atoms with E-state index in [1.807, 2.05) is 0 Å². The van der Waals surface area contributed by atoms with E-state index in [9.17, 15) is 0 Å². The highest BCUT2D eigenvalue weighted by atomic mass is 35.5. The molecule has 15 heavy (non-hydrogen) atoms. The predicted octanol–water partition coefficient (Wildman–Crippen LogP) is 0.835. The molecule has 0 bridgehead atoms. The van der Waals surface area contributed by atoms with Crippen LogP contribution >= 0.6 is 11.6 Å². The van der Waals surface area contributed by atoms with E-state index in [-0.39, 0.29) is 5.95 Å². The molecule has 1 aromatic heterocycles. The Kier molecular flexibility index (Phi) is 3.20. The fraction of sp³-hybridized carbons (Fsp3) is 0.667. The standard InChI is InChI=1S/C9H14ClN5/c10-4-3-7-12-8(11)14-9(13-7)15-5-1-2-6-15/h1-6H2,(H2,11,12,13,14). The summed E-state index contributed by atoms with van der Waals surface area (Å²) in [6.07, 6.45) is 3.02.